The molecule has 0 saturated heterocycles. The van der Waals surface area contributed by atoms with Crippen LogP contribution in [0.4, 0.5) is 8.78 Å². The van der Waals surface area contributed by atoms with E-state index in [2.05, 4.69) is 5.10 Å². The monoisotopic (exact) mass is 228 g/mol. The third-order valence-corrected chi connectivity index (χ3v) is 2.07. The molecular formula is C5H3ClF2N2O2S. The van der Waals surface area contributed by atoms with E-state index in [-0.39, 0.29) is 4.47 Å². The summed E-state index contributed by atoms with van der Waals surface area (Å²) in [6.45, 7) is -0.736. The normalized spacial score (nSPS) is 10.8. The zero-order valence-electron chi connectivity index (χ0n) is 6.04. The first kappa shape index (κ1) is 10.3. The number of rotatable bonds is 3. The fraction of sp³-hybridized carbons (Fsp3) is 0.400. The average Bonchev–Trinajstić information content (AvgIpc) is 2.30. The zero-order chi connectivity index (χ0) is 10.0. The van der Waals surface area contributed by atoms with Crippen molar-refractivity contribution < 1.29 is 13.6 Å². The van der Waals surface area contributed by atoms with Crippen molar-refractivity contribution in [2.45, 2.75) is 13.0 Å². The maximum absolute atomic E-state index is 11.7. The number of halogens is 3. The highest BCUT2D eigenvalue weighted by molar-refractivity contribution is 7.13. The fourth-order valence-electron chi connectivity index (χ4n) is 0.597. The molecule has 1 aromatic rings. The number of hydrogen-bond acceptors (Lipinski definition) is 4. The van der Waals surface area contributed by atoms with Crippen molar-refractivity contribution in [1.82, 2.24) is 9.78 Å². The third-order valence-electron chi connectivity index (χ3n) is 1.13. The Morgan fingerprint density at radius 2 is 2.31 bits per heavy atom. The van der Waals surface area contributed by atoms with E-state index in [4.69, 9.17) is 11.6 Å². The fourth-order valence-corrected chi connectivity index (χ4v) is 1.38. The van der Waals surface area contributed by atoms with Gasteiger partial charge in [0.05, 0.1) is 0 Å². The minimum Gasteiger partial charge on any atom is -0.291 e. The molecule has 1 rings (SSSR count). The number of ketones is 1. The van der Waals surface area contributed by atoms with Crippen molar-refractivity contribution in [2.24, 2.45) is 0 Å². The lowest BCUT2D eigenvalue weighted by Crippen LogP contribution is -2.24. The molecule has 0 fully saturated rings. The number of Topliss-reactive ketones (excluding diaryl/α,β-unsaturated/α-hetero) is 1. The van der Waals surface area contributed by atoms with Crippen molar-refractivity contribution in [2.75, 3.05) is 0 Å². The van der Waals surface area contributed by atoms with Crippen LogP contribution in [0.2, 0.25) is 4.47 Å². The standard InChI is InChI=1S/C5H3ClF2N2O2S/c6-4-9-10(5(12)13-4)1-2(11)3(7)8/h3H,1H2. The SMILES string of the molecule is O=C(Cn1nc(Cl)sc1=O)C(F)F. The van der Waals surface area contributed by atoms with Crippen molar-refractivity contribution in [3.05, 3.63) is 14.1 Å². The summed E-state index contributed by atoms with van der Waals surface area (Å²) in [6.07, 6.45) is -3.09. The van der Waals surface area contributed by atoms with Crippen LogP contribution < -0.4 is 4.87 Å². The van der Waals surface area contributed by atoms with E-state index in [0.29, 0.717) is 16.0 Å². The van der Waals surface area contributed by atoms with Gasteiger partial charge in [-0.3, -0.25) is 9.59 Å². The second kappa shape index (κ2) is 3.93. The summed E-state index contributed by atoms with van der Waals surface area (Å²) in [5, 5.41) is 3.37. The van der Waals surface area contributed by atoms with E-state index >= 15 is 0 Å². The van der Waals surface area contributed by atoms with Crippen LogP contribution in [0, 0.1) is 0 Å². The Hall–Kier alpha value is -0.820. The highest BCUT2D eigenvalue weighted by atomic mass is 35.5. The van der Waals surface area contributed by atoms with Gasteiger partial charge in [-0.15, -0.1) is 5.10 Å². The molecule has 0 radical (unpaired) electrons. The molecule has 1 heterocycles. The van der Waals surface area contributed by atoms with Crippen molar-refractivity contribution in [3.8, 4) is 0 Å². The molecule has 72 valence electrons. The molecule has 13 heavy (non-hydrogen) atoms. The Bertz CT molecular complexity index is 375. The molecule has 0 spiro atoms. The predicted molar refractivity (Wildman–Crippen MR) is 42.4 cm³/mol. The van der Waals surface area contributed by atoms with Gasteiger partial charge in [0.1, 0.15) is 6.54 Å². The minimum atomic E-state index is -3.09. The van der Waals surface area contributed by atoms with Gasteiger partial charge < -0.3 is 0 Å². The first-order valence-corrected chi connectivity index (χ1v) is 4.24. The summed E-state index contributed by atoms with van der Waals surface area (Å²) in [5.41, 5.74) is 0. The Morgan fingerprint density at radius 1 is 1.69 bits per heavy atom. The van der Waals surface area contributed by atoms with E-state index in [1.807, 2.05) is 0 Å². The maximum Gasteiger partial charge on any atom is 0.326 e. The Morgan fingerprint density at radius 3 is 2.69 bits per heavy atom. The van der Waals surface area contributed by atoms with Gasteiger partial charge in [0.15, 0.2) is 0 Å². The zero-order valence-corrected chi connectivity index (χ0v) is 7.61. The number of carbonyl (C=O) groups is 1. The van der Waals surface area contributed by atoms with Crippen LogP contribution in [-0.2, 0) is 11.3 Å². The number of alkyl halides is 2. The van der Waals surface area contributed by atoms with Crippen LogP contribution >= 0.6 is 22.9 Å². The molecule has 0 aliphatic rings. The summed E-state index contributed by atoms with van der Waals surface area (Å²) in [7, 11) is 0. The lowest BCUT2D eigenvalue weighted by molar-refractivity contribution is -0.130. The summed E-state index contributed by atoms with van der Waals surface area (Å²) >= 11 is 5.90. The van der Waals surface area contributed by atoms with E-state index in [1.54, 1.807) is 0 Å². The van der Waals surface area contributed by atoms with Crippen molar-refractivity contribution in [1.29, 1.82) is 0 Å². The molecule has 0 aliphatic carbocycles. The average molecular weight is 229 g/mol. The molecule has 0 amide bonds. The number of nitrogens with zero attached hydrogens (tertiary/aromatic N) is 2. The van der Waals surface area contributed by atoms with Gasteiger partial charge in [0.2, 0.25) is 10.3 Å². The van der Waals surface area contributed by atoms with Crippen molar-refractivity contribution in [3.63, 3.8) is 0 Å². The number of carbonyl (C=O) groups excluding carboxylic acids is 1. The highest BCUT2D eigenvalue weighted by Gasteiger charge is 2.17. The Balaban J connectivity index is 2.80. The Labute approximate surface area is 79.7 Å². The number of hydrogen-bond donors (Lipinski definition) is 0. The molecule has 4 nitrogen and oxygen atoms in total. The van der Waals surface area contributed by atoms with Gasteiger partial charge in [-0.05, 0) is 22.9 Å². The van der Waals surface area contributed by atoms with Gasteiger partial charge in [-0.1, -0.05) is 0 Å². The molecule has 8 heteroatoms. The summed E-state index contributed by atoms with van der Waals surface area (Å²) < 4.78 is 24.0. The molecule has 0 unspecified atom stereocenters. The third kappa shape index (κ3) is 2.56. The second-order valence-electron chi connectivity index (χ2n) is 2.05. The first-order chi connectivity index (χ1) is 6.00. The summed E-state index contributed by atoms with van der Waals surface area (Å²) in [4.78, 5) is 20.7. The molecular weight excluding hydrogens is 226 g/mol. The quantitative estimate of drug-likeness (QED) is 0.769. The van der Waals surface area contributed by atoms with Gasteiger partial charge in [-0.25, -0.2) is 13.5 Å². The lowest BCUT2D eigenvalue weighted by atomic mass is 10.4. The van der Waals surface area contributed by atoms with E-state index < -0.39 is 23.6 Å². The van der Waals surface area contributed by atoms with Gasteiger partial charge in [-0.2, -0.15) is 0 Å². The molecule has 0 atom stereocenters. The lowest BCUT2D eigenvalue weighted by Gasteiger charge is -1.96. The molecule has 0 bridgehead atoms. The molecule has 1 aromatic heterocycles. The molecule has 0 N–H and O–H groups in total. The van der Waals surface area contributed by atoms with Gasteiger partial charge in [0.25, 0.3) is 6.43 Å². The molecule has 0 aliphatic heterocycles. The van der Waals surface area contributed by atoms with Crippen LogP contribution in [0.3, 0.4) is 0 Å². The van der Waals surface area contributed by atoms with Crippen LogP contribution in [0.15, 0.2) is 4.79 Å². The molecule has 0 aromatic carbocycles. The van der Waals surface area contributed by atoms with Crippen LogP contribution in [0.25, 0.3) is 0 Å². The molecule has 0 saturated carbocycles. The van der Waals surface area contributed by atoms with E-state index in [9.17, 15) is 18.4 Å². The maximum atomic E-state index is 11.7. The second-order valence-corrected chi connectivity index (χ2v) is 3.57. The number of aromatic nitrogens is 2. The van der Waals surface area contributed by atoms with Gasteiger partial charge >= 0.3 is 4.87 Å². The van der Waals surface area contributed by atoms with Crippen LogP contribution in [0.1, 0.15) is 0 Å². The van der Waals surface area contributed by atoms with E-state index in [0.717, 1.165) is 0 Å². The minimum absolute atomic E-state index is 0.0768. The van der Waals surface area contributed by atoms with Crippen LogP contribution in [0.5, 0.6) is 0 Å². The summed E-state index contributed by atoms with van der Waals surface area (Å²) in [5.74, 6) is -1.36. The predicted octanol–water partition coefficient (Wildman–Crippen LogP) is 0.792. The Kier molecular flexibility index (Phi) is 3.10. The smallest absolute Gasteiger partial charge is 0.291 e. The highest BCUT2D eigenvalue weighted by Crippen LogP contribution is 2.06. The largest absolute Gasteiger partial charge is 0.326 e. The topological polar surface area (TPSA) is 52.0 Å². The van der Waals surface area contributed by atoms with Gasteiger partial charge in [0, 0.05) is 0 Å². The van der Waals surface area contributed by atoms with E-state index in [1.165, 1.54) is 0 Å². The first-order valence-electron chi connectivity index (χ1n) is 3.05. The summed E-state index contributed by atoms with van der Waals surface area (Å²) in [6, 6.07) is 0. The van der Waals surface area contributed by atoms with Crippen LogP contribution in [-0.4, -0.2) is 22.0 Å². The van der Waals surface area contributed by atoms with Crippen molar-refractivity contribution >= 4 is 28.7 Å².